The van der Waals surface area contributed by atoms with E-state index in [-0.39, 0.29) is 12.6 Å². The zero-order valence-corrected chi connectivity index (χ0v) is 9.00. The van der Waals surface area contributed by atoms with Gasteiger partial charge >= 0.3 is 5.97 Å². The number of likely N-dealkylation sites (N-methyl/N-ethyl adjacent to an activating group) is 1. The van der Waals surface area contributed by atoms with Crippen molar-refractivity contribution in [1.29, 1.82) is 0 Å². The van der Waals surface area contributed by atoms with Crippen LogP contribution in [0.15, 0.2) is 16.8 Å². The zero-order chi connectivity index (χ0) is 11.5. The number of hydrogen-bond acceptors (Lipinski definition) is 5. The molecule has 0 spiro atoms. The number of hydrogen-bond donors (Lipinski definition) is 1. The Morgan fingerprint density at radius 1 is 1.69 bits per heavy atom. The van der Waals surface area contributed by atoms with Gasteiger partial charge in [0, 0.05) is 12.1 Å². The summed E-state index contributed by atoms with van der Waals surface area (Å²) in [6.07, 6.45) is 1.57. The van der Waals surface area contributed by atoms with E-state index in [0.29, 0.717) is 13.2 Å². The number of carbonyl (C=O) groups is 1. The third kappa shape index (κ3) is 2.23. The van der Waals surface area contributed by atoms with Gasteiger partial charge in [-0.2, -0.15) is 0 Å². The smallest absolute Gasteiger partial charge is 0.310 e. The summed E-state index contributed by atoms with van der Waals surface area (Å²) in [5.74, 6) is -0.557. The maximum atomic E-state index is 11.0. The Morgan fingerprint density at radius 2 is 2.50 bits per heavy atom. The molecule has 2 unspecified atom stereocenters. The maximum Gasteiger partial charge on any atom is 0.310 e. The second-order valence-corrected chi connectivity index (χ2v) is 3.94. The van der Waals surface area contributed by atoms with Crippen LogP contribution in [0.25, 0.3) is 0 Å². The third-order valence-corrected chi connectivity index (χ3v) is 2.83. The Labute approximate surface area is 92.8 Å². The standard InChI is InChI=1S/C10H14N2O4/c1-12(4-7-2-3-11-16-7)9-6-15-5-8(9)10(13)14/h2-3,8-9H,4-6H2,1H3,(H,13,14). The summed E-state index contributed by atoms with van der Waals surface area (Å²) in [7, 11) is 1.86. The molecule has 0 saturated carbocycles. The first kappa shape index (κ1) is 11.1. The van der Waals surface area contributed by atoms with Gasteiger partial charge < -0.3 is 14.4 Å². The lowest BCUT2D eigenvalue weighted by molar-refractivity contribution is -0.143. The van der Waals surface area contributed by atoms with Gasteiger partial charge in [-0.1, -0.05) is 5.16 Å². The summed E-state index contributed by atoms with van der Waals surface area (Å²) in [4.78, 5) is 12.9. The number of carboxylic acids is 1. The molecule has 16 heavy (non-hydrogen) atoms. The van der Waals surface area contributed by atoms with E-state index < -0.39 is 11.9 Å². The average molecular weight is 226 g/mol. The van der Waals surface area contributed by atoms with Crippen LogP contribution >= 0.6 is 0 Å². The largest absolute Gasteiger partial charge is 0.481 e. The van der Waals surface area contributed by atoms with Crippen LogP contribution in [0.4, 0.5) is 0 Å². The van der Waals surface area contributed by atoms with Crippen LogP contribution in [0.5, 0.6) is 0 Å². The quantitative estimate of drug-likeness (QED) is 0.790. The van der Waals surface area contributed by atoms with E-state index in [0.717, 1.165) is 5.76 Å². The topological polar surface area (TPSA) is 75.8 Å². The van der Waals surface area contributed by atoms with Crippen LogP contribution in [0.2, 0.25) is 0 Å². The average Bonchev–Trinajstić information content (AvgIpc) is 2.86. The number of aromatic nitrogens is 1. The van der Waals surface area contributed by atoms with Gasteiger partial charge in [0.15, 0.2) is 5.76 Å². The molecule has 1 aliphatic heterocycles. The first-order chi connectivity index (χ1) is 7.68. The van der Waals surface area contributed by atoms with Crippen molar-refractivity contribution in [3.63, 3.8) is 0 Å². The molecule has 1 aromatic rings. The molecule has 2 atom stereocenters. The van der Waals surface area contributed by atoms with E-state index >= 15 is 0 Å². The highest BCUT2D eigenvalue weighted by Crippen LogP contribution is 2.20. The van der Waals surface area contributed by atoms with E-state index in [1.165, 1.54) is 0 Å². The molecule has 0 aromatic carbocycles. The Hall–Kier alpha value is -1.40. The van der Waals surface area contributed by atoms with Gasteiger partial charge in [-0.25, -0.2) is 0 Å². The van der Waals surface area contributed by atoms with Crippen LogP contribution in [-0.2, 0) is 16.1 Å². The molecule has 0 aliphatic carbocycles. The fourth-order valence-corrected chi connectivity index (χ4v) is 1.90. The van der Waals surface area contributed by atoms with Crippen molar-refractivity contribution in [3.05, 3.63) is 18.0 Å². The van der Waals surface area contributed by atoms with Crippen molar-refractivity contribution in [1.82, 2.24) is 10.1 Å². The molecule has 6 nitrogen and oxygen atoms in total. The van der Waals surface area contributed by atoms with Gasteiger partial charge in [0.1, 0.15) is 0 Å². The highest BCUT2D eigenvalue weighted by molar-refractivity contribution is 5.71. The van der Waals surface area contributed by atoms with E-state index in [9.17, 15) is 4.79 Å². The molecule has 0 amide bonds. The van der Waals surface area contributed by atoms with Crippen molar-refractivity contribution in [2.24, 2.45) is 5.92 Å². The molecule has 1 fully saturated rings. The molecule has 2 heterocycles. The van der Waals surface area contributed by atoms with Crippen LogP contribution in [0.1, 0.15) is 5.76 Å². The molecule has 88 valence electrons. The van der Waals surface area contributed by atoms with Gasteiger partial charge in [-0.05, 0) is 7.05 Å². The van der Waals surface area contributed by atoms with Crippen molar-refractivity contribution in [2.45, 2.75) is 12.6 Å². The lowest BCUT2D eigenvalue weighted by Gasteiger charge is -2.24. The lowest BCUT2D eigenvalue weighted by atomic mass is 10.0. The Morgan fingerprint density at radius 3 is 3.12 bits per heavy atom. The molecule has 0 bridgehead atoms. The van der Waals surface area contributed by atoms with Crippen LogP contribution in [0.3, 0.4) is 0 Å². The minimum Gasteiger partial charge on any atom is -0.481 e. The van der Waals surface area contributed by atoms with Crippen molar-refractivity contribution in [2.75, 3.05) is 20.3 Å². The molecule has 2 rings (SSSR count). The number of nitrogens with zero attached hydrogens (tertiary/aromatic N) is 2. The van der Waals surface area contributed by atoms with Crippen molar-refractivity contribution >= 4 is 5.97 Å². The van der Waals surface area contributed by atoms with Gasteiger partial charge in [0.25, 0.3) is 0 Å². The van der Waals surface area contributed by atoms with E-state index in [1.54, 1.807) is 12.3 Å². The summed E-state index contributed by atoms with van der Waals surface area (Å²) >= 11 is 0. The first-order valence-corrected chi connectivity index (χ1v) is 5.09. The minimum atomic E-state index is -0.813. The zero-order valence-electron chi connectivity index (χ0n) is 9.00. The minimum absolute atomic E-state index is 0.109. The lowest BCUT2D eigenvalue weighted by Crippen LogP contribution is -2.40. The second kappa shape index (κ2) is 4.63. The first-order valence-electron chi connectivity index (χ1n) is 5.09. The fourth-order valence-electron chi connectivity index (χ4n) is 1.90. The molecule has 1 N–H and O–H groups in total. The maximum absolute atomic E-state index is 11.0. The SMILES string of the molecule is CN(Cc1ccno1)C1COCC1C(=O)O. The van der Waals surface area contributed by atoms with Crippen LogP contribution < -0.4 is 0 Å². The normalized spacial score (nSPS) is 25.1. The van der Waals surface area contributed by atoms with Gasteiger partial charge in [-0.3, -0.25) is 9.69 Å². The second-order valence-electron chi connectivity index (χ2n) is 3.94. The molecule has 0 radical (unpaired) electrons. The molecule has 1 saturated heterocycles. The van der Waals surface area contributed by atoms with Crippen molar-refractivity contribution in [3.8, 4) is 0 Å². The third-order valence-electron chi connectivity index (χ3n) is 2.83. The van der Waals surface area contributed by atoms with Gasteiger partial charge in [0.05, 0.1) is 31.9 Å². The summed E-state index contributed by atoms with van der Waals surface area (Å²) < 4.78 is 10.2. The summed E-state index contributed by atoms with van der Waals surface area (Å²) in [5.41, 5.74) is 0. The van der Waals surface area contributed by atoms with Crippen molar-refractivity contribution < 1.29 is 19.2 Å². The van der Waals surface area contributed by atoms with E-state index in [4.69, 9.17) is 14.4 Å². The predicted molar refractivity (Wildman–Crippen MR) is 53.7 cm³/mol. The Balaban J connectivity index is 1.98. The van der Waals surface area contributed by atoms with Gasteiger partial charge in [0.2, 0.25) is 0 Å². The molecular formula is C10H14N2O4. The van der Waals surface area contributed by atoms with Gasteiger partial charge in [-0.15, -0.1) is 0 Å². The highest BCUT2D eigenvalue weighted by Gasteiger charge is 2.36. The molecule has 1 aromatic heterocycles. The number of rotatable bonds is 4. The highest BCUT2D eigenvalue weighted by atomic mass is 16.5. The Bertz CT molecular complexity index is 352. The monoisotopic (exact) mass is 226 g/mol. The summed E-state index contributed by atoms with van der Waals surface area (Å²) in [6, 6.07) is 1.66. The predicted octanol–water partition coefficient (Wildman–Crippen LogP) is 0.206. The number of carboxylic acid groups (broad SMARTS) is 1. The molecule has 6 heteroatoms. The number of aliphatic carboxylic acids is 1. The Kier molecular flexibility index (Phi) is 3.21. The van der Waals surface area contributed by atoms with Crippen LogP contribution in [0, 0.1) is 5.92 Å². The van der Waals surface area contributed by atoms with E-state index in [2.05, 4.69) is 5.16 Å². The molecular weight excluding hydrogens is 212 g/mol. The number of ether oxygens (including phenoxy) is 1. The summed E-state index contributed by atoms with van der Waals surface area (Å²) in [6.45, 7) is 1.26. The van der Waals surface area contributed by atoms with Crippen LogP contribution in [-0.4, -0.2) is 47.4 Å². The summed E-state index contributed by atoms with van der Waals surface area (Å²) in [5, 5.41) is 12.6. The van der Waals surface area contributed by atoms with E-state index in [1.807, 2.05) is 11.9 Å². The molecule has 1 aliphatic rings. The fraction of sp³-hybridized carbons (Fsp3) is 0.600.